The summed E-state index contributed by atoms with van der Waals surface area (Å²) in [6.45, 7) is 0. The third-order valence-electron chi connectivity index (χ3n) is 3.76. The Balaban J connectivity index is 0.00000272. The van der Waals surface area contributed by atoms with E-state index in [0.29, 0.717) is 10.7 Å². The van der Waals surface area contributed by atoms with Gasteiger partial charge in [-0.25, -0.2) is 13.2 Å². The number of hydrogen-bond donors (Lipinski definition) is 2. The second kappa shape index (κ2) is 12.5. The third kappa shape index (κ3) is 8.18. The molecule has 0 radical (unpaired) electrons. The number of anilines is 2. The molecular weight excluding hydrogens is 549 g/mol. The maximum absolute atomic E-state index is 12.4. The Hall–Kier alpha value is -1.24. The molecule has 0 saturated heterocycles. The molecule has 0 fully saturated rings. The van der Waals surface area contributed by atoms with Crippen molar-refractivity contribution in [2.75, 3.05) is 10.6 Å². The van der Waals surface area contributed by atoms with Gasteiger partial charge in [-0.2, -0.15) is 0 Å². The first-order valence-corrected chi connectivity index (χ1v) is 11.2. The maximum atomic E-state index is 12.4. The monoisotopic (exact) mass is 560 g/mol. The normalized spacial score (nSPS) is 10.5. The van der Waals surface area contributed by atoms with Gasteiger partial charge in [-0.15, -0.1) is 0 Å². The Bertz CT molecular complexity index is 1280. The molecule has 170 valence electrons. The van der Waals surface area contributed by atoms with Crippen molar-refractivity contribution in [1.29, 1.82) is 0 Å². The van der Waals surface area contributed by atoms with Gasteiger partial charge in [0.15, 0.2) is 5.75 Å². The predicted octanol–water partition coefficient (Wildman–Crippen LogP) is 2.82. The molecule has 0 saturated carbocycles. The second-order valence-corrected chi connectivity index (χ2v) is 9.03. The molecule has 0 bridgehead atoms. The summed E-state index contributed by atoms with van der Waals surface area (Å²) in [7, 11) is -4.88. The van der Waals surface area contributed by atoms with E-state index >= 15 is 0 Å². The molecular formula is C19H13Cl4N2NaO6S. The molecule has 0 spiro atoms. The Morgan fingerprint density at radius 1 is 0.818 bits per heavy atom. The molecule has 3 aromatic carbocycles. The van der Waals surface area contributed by atoms with Gasteiger partial charge in [-0.1, -0.05) is 46.4 Å². The summed E-state index contributed by atoms with van der Waals surface area (Å²) >= 11 is 23.6. The predicted molar refractivity (Wildman–Crippen MR) is 124 cm³/mol. The van der Waals surface area contributed by atoms with Crippen LogP contribution in [0.5, 0.6) is 11.5 Å². The summed E-state index contributed by atoms with van der Waals surface area (Å²) in [5, 5.41) is 5.97. The average Bonchev–Trinajstić information content (AvgIpc) is 2.67. The number of benzene rings is 3. The van der Waals surface area contributed by atoms with Crippen molar-refractivity contribution >= 4 is 73.9 Å². The molecule has 0 aliphatic rings. The molecule has 3 aromatic rings. The zero-order chi connectivity index (χ0) is 22.8. The molecule has 2 amide bonds. The van der Waals surface area contributed by atoms with Gasteiger partial charge in [0, 0.05) is 15.7 Å². The number of urea groups is 1. The van der Waals surface area contributed by atoms with E-state index in [-0.39, 0.29) is 67.3 Å². The Kier molecular flexibility index (Phi) is 11.2. The fourth-order valence-electron chi connectivity index (χ4n) is 2.43. The molecule has 0 aromatic heterocycles. The van der Waals surface area contributed by atoms with Crippen LogP contribution in [-0.4, -0.2) is 24.5 Å². The van der Waals surface area contributed by atoms with E-state index < -0.39 is 21.0 Å². The Labute approximate surface area is 231 Å². The van der Waals surface area contributed by atoms with Crippen molar-refractivity contribution in [3.63, 3.8) is 0 Å². The fourth-order valence-corrected chi connectivity index (χ4v) is 3.76. The summed E-state index contributed by atoms with van der Waals surface area (Å²) < 4.78 is 40.2. The van der Waals surface area contributed by atoms with Gasteiger partial charge in [0.25, 0.3) is 0 Å². The molecule has 0 heterocycles. The van der Waals surface area contributed by atoms with Crippen LogP contribution in [0, 0.1) is 0 Å². The number of hydrogen-bond acceptors (Lipinski definition) is 5. The third-order valence-corrected chi connectivity index (χ3v) is 5.83. The van der Waals surface area contributed by atoms with Gasteiger partial charge in [0.1, 0.15) is 15.9 Å². The molecule has 4 N–H and O–H groups in total. The van der Waals surface area contributed by atoms with Crippen LogP contribution in [0.2, 0.25) is 20.1 Å². The van der Waals surface area contributed by atoms with Crippen LogP contribution < -0.4 is 44.9 Å². The van der Waals surface area contributed by atoms with E-state index in [9.17, 15) is 17.8 Å². The van der Waals surface area contributed by atoms with Crippen LogP contribution in [0.1, 0.15) is 0 Å². The van der Waals surface area contributed by atoms with E-state index in [1.807, 2.05) is 0 Å². The van der Waals surface area contributed by atoms with Crippen molar-refractivity contribution in [3.8, 4) is 11.5 Å². The van der Waals surface area contributed by atoms with Gasteiger partial charge < -0.3 is 25.4 Å². The smallest absolute Gasteiger partial charge is 0.744 e. The van der Waals surface area contributed by atoms with E-state index in [2.05, 4.69) is 10.6 Å². The number of halogens is 4. The number of nitrogens with one attached hydrogen (secondary N) is 2. The average molecular weight is 562 g/mol. The van der Waals surface area contributed by atoms with Crippen LogP contribution in [0.3, 0.4) is 0 Å². The molecule has 33 heavy (non-hydrogen) atoms. The Morgan fingerprint density at radius 2 is 1.42 bits per heavy atom. The molecule has 0 atom stereocenters. The van der Waals surface area contributed by atoms with E-state index in [0.717, 1.165) is 6.07 Å². The second-order valence-electron chi connectivity index (χ2n) is 6.00. The van der Waals surface area contributed by atoms with E-state index in [1.165, 1.54) is 42.5 Å². The number of ether oxygens (including phenoxy) is 1. The minimum atomic E-state index is -4.88. The van der Waals surface area contributed by atoms with Gasteiger partial charge in [-0.05, 0) is 54.6 Å². The van der Waals surface area contributed by atoms with Gasteiger partial charge in [-0.3, -0.25) is 0 Å². The molecule has 14 heteroatoms. The molecule has 0 unspecified atom stereocenters. The molecule has 3 rings (SSSR count). The summed E-state index contributed by atoms with van der Waals surface area (Å²) in [6.07, 6.45) is 0. The number of amides is 2. The molecule has 0 aliphatic carbocycles. The summed E-state index contributed by atoms with van der Waals surface area (Å²) in [4.78, 5) is 11.8. The molecule has 8 nitrogen and oxygen atoms in total. The van der Waals surface area contributed by atoms with Crippen LogP contribution >= 0.6 is 46.4 Å². The number of carbonyl (C=O) groups excluding carboxylic acids is 1. The van der Waals surface area contributed by atoms with Crippen LogP contribution in [0.25, 0.3) is 0 Å². The maximum Gasteiger partial charge on any atom is 1.00 e. The summed E-state index contributed by atoms with van der Waals surface area (Å²) in [5.74, 6) is -0.240. The number of carbonyl (C=O) groups is 1. The van der Waals surface area contributed by atoms with Gasteiger partial charge in [0.05, 0.1) is 20.6 Å². The standard InChI is InChI=1S/C19H12Cl4N2O5S.Na.H2O/c20-10-1-5-16(30-17-6-2-11(21)8-18(17)31(27,28)29)15(7-10)25-19(26)24-12-3-4-13(22)14(23)9-12;;/h1-9H,(H2,24,25,26)(H,27,28,29);;1H2/q;+1;/p-1. The van der Waals surface area contributed by atoms with Crippen molar-refractivity contribution in [1.82, 2.24) is 0 Å². The SMILES string of the molecule is O.O=C(Nc1ccc(Cl)c(Cl)c1)Nc1cc(Cl)ccc1Oc1ccc(Cl)cc1S(=O)(=O)[O-].[Na+]. The Morgan fingerprint density at radius 3 is 2.03 bits per heavy atom. The first kappa shape index (κ1) is 29.8. The van der Waals surface area contributed by atoms with E-state index in [1.54, 1.807) is 6.07 Å². The van der Waals surface area contributed by atoms with Crippen LogP contribution in [0.4, 0.5) is 16.2 Å². The minimum Gasteiger partial charge on any atom is -0.744 e. The fraction of sp³-hybridized carbons (Fsp3) is 0. The quantitative estimate of drug-likeness (QED) is 0.364. The van der Waals surface area contributed by atoms with Crippen molar-refractivity contribution < 1.29 is 57.5 Å². The van der Waals surface area contributed by atoms with Crippen LogP contribution in [-0.2, 0) is 10.1 Å². The van der Waals surface area contributed by atoms with Crippen molar-refractivity contribution in [2.24, 2.45) is 0 Å². The van der Waals surface area contributed by atoms with Crippen molar-refractivity contribution in [3.05, 3.63) is 74.7 Å². The van der Waals surface area contributed by atoms with Crippen LogP contribution in [0.15, 0.2) is 59.5 Å². The first-order chi connectivity index (χ1) is 14.5. The summed E-state index contributed by atoms with van der Waals surface area (Å²) in [5.41, 5.74) is 0.475. The molecule has 0 aliphatic heterocycles. The topological polar surface area (TPSA) is 139 Å². The van der Waals surface area contributed by atoms with Gasteiger partial charge >= 0.3 is 35.6 Å². The summed E-state index contributed by atoms with van der Waals surface area (Å²) in [6, 6.07) is 11.6. The minimum absolute atomic E-state index is 0. The largest absolute Gasteiger partial charge is 1.00 e. The first-order valence-electron chi connectivity index (χ1n) is 8.29. The number of rotatable bonds is 5. The van der Waals surface area contributed by atoms with Gasteiger partial charge in [0.2, 0.25) is 0 Å². The van der Waals surface area contributed by atoms with E-state index in [4.69, 9.17) is 51.1 Å². The zero-order valence-corrected chi connectivity index (χ0v) is 22.5. The van der Waals surface area contributed by atoms with Crippen molar-refractivity contribution in [2.45, 2.75) is 4.90 Å². The zero-order valence-electron chi connectivity index (χ0n) is 16.7.